The van der Waals surface area contributed by atoms with Gasteiger partial charge in [0.2, 0.25) is 0 Å². The van der Waals surface area contributed by atoms with Gasteiger partial charge < -0.3 is 13.3 Å². The summed E-state index contributed by atoms with van der Waals surface area (Å²) in [6, 6.07) is 0. The Kier molecular flexibility index (Phi) is 5.40. The van der Waals surface area contributed by atoms with Crippen LogP contribution in [0.15, 0.2) is 11.8 Å². The zero-order chi connectivity index (χ0) is 9.61. The van der Waals surface area contributed by atoms with Gasteiger partial charge in [0.15, 0.2) is 0 Å². The molecule has 0 atom stereocenters. The van der Waals surface area contributed by atoms with E-state index < -0.39 is 8.80 Å². The van der Waals surface area contributed by atoms with Crippen molar-refractivity contribution in [2.24, 2.45) is 5.92 Å². The van der Waals surface area contributed by atoms with Crippen LogP contribution in [0.25, 0.3) is 0 Å². The Bertz CT molecular complexity index is 133. The number of rotatable bonds is 5. The molecule has 3 nitrogen and oxygen atoms in total. The van der Waals surface area contributed by atoms with Crippen molar-refractivity contribution >= 4 is 8.80 Å². The highest BCUT2D eigenvalue weighted by molar-refractivity contribution is 6.66. The largest absolute Gasteiger partial charge is 0.528 e. The van der Waals surface area contributed by atoms with E-state index >= 15 is 0 Å². The average Bonchev–Trinajstić information content (AvgIpc) is 2.08. The molecule has 0 heterocycles. The molecule has 0 saturated carbocycles. The van der Waals surface area contributed by atoms with Gasteiger partial charge in [-0.15, -0.1) is 0 Å². The monoisotopic (exact) mass is 190 g/mol. The fourth-order valence-corrected chi connectivity index (χ4v) is 2.29. The average molecular weight is 190 g/mol. The van der Waals surface area contributed by atoms with Crippen LogP contribution in [0, 0.1) is 5.92 Å². The van der Waals surface area contributed by atoms with Crippen molar-refractivity contribution in [3.63, 3.8) is 0 Å². The van der Waals surface area contributed by atoms with Crippen LogP contribution in [0.2, 0.25) is 0 Å². The third-order valence-corrected chi connectivity index (χ3v) is 3.85. The fourth-order valence-electron chi connectivity index (χ4n) is 0.764. The lowest BCUT2D eigenvalue weighted by atomic mass is 10.2. The number of hydrogen-bond donors (Lipinski definition) is 0. The molecule has 0 bridgehead atoms. The molecule has 0 spiro atoms. The van der Waals surface area contributed by atoms with Gasteiger partial charge in [0.25, 0.3) is 0 Å². The first-order chi connectivity index (χ1) is 5.60. The lowest BCUT2D eigenvalue weighted by molar-refractivity contribution is 0.138. The summed E-state index contributed by atoms with van der Waals surface area (Å²) in [5.74, 6) is 0.484. The molecule has 12 heavy (non-hydrogen) atoms. The Balaban J connectivity index is 4.29. The minimum atomic E-state index is -2.46. The molecule has 0 radical (unpaired) electrons. The van der Waals surface area contributed by atoms with Crippen molar-refractivity contribution in [3.8, 4) is 0 Å². The van der Waals surface area contributed by atoms with E-state index in [1.54, 1.807) is 21.3 Å². The van der Waals surface area contributed by atoms with E-state index in [9.17, 15) is 0 Å². The summed E-state index contributed by atoms with van der Waals surface area (Å²) < 4.78 is 15.6. The second-order valence-corrected chi connectivity index (χ2v) is 5.58. The van der Waals surface area contributed by atoms with Gasteiger partial charge >= 0.3 is 8.80 Å². The van der Waals surface area contributed by atoms with E-state index in [1.807, 2.05) is 11.8 Å². The van der Waals surface area contributed by atoms with Gasteiger partial charge in [0, 0.05) is 21.3 Å². The first kappa shape index (κ1) is 11.8. The topological polar surface area (TPSA) is 27.7 Å². The van der Waals surface area contributed by atoms with Crippen molar-refractivity contribution in [2.45, 2.75) is 13.8 Å². The molecule has 4 heteroatoms. The normalized spacial score (nSPS) is 13.2. The van der Waals surface area contributed by atoms with E-state index in [0.717, 1.165) is 0 Å². The Hall–Kier alpha value is -0.163. The Morgan fingerprint density at radius 2 is 1.42 bits per heavy atom. The standard InChI is InChI=1S/C8H18O3Si/c1-8(2)6-7-12(9-3,10-4)11-5/h6-8H,1-5H3/b7-6+. The predicted molar refractivity (Wildman–Crippen MR) is 50.8 cm³/mol. The highest BCUT2D eigenvalue weighted by atomic mass is 28.4. The molecular weight excluding hydrogens is 172 g/mol. The van der Waals surface area contributed by atoms with Gasteiger partial charge in [-0.2, -0.15) is 0 Å². The summed E-state index contributed by atoms with van der Waals surface area (Å²) >= 11 is 0. The molecule has 0 saturated heterocycles. The molecule has 0 N–H and O–H groups in total. The van der Waals surface area contributed by atoms with Crippen molar-refractivity contribution < 1.29 is 13.3 Å². The molecular formula is C8H18O3Si. The van der Waals surface area contributed by atoms with Crippen molar-refractivity contribution in [2.75, 3.05) is 21.3 Å². The van der Waals surface area contributed by atoms with E-state index in [4.69, 9.17) is 13.3 Å². The number of allylic oxidation sites excluding steroid dienone is 1. The first-order valence-corrected chi connectivity index (χ1v) is 5.75. The zero-order valence-corrected chi connectivity index (χ0v) is 9.46. The lowest BCUT2D eigenvalue weighted by Gasteiger charge is -2.20. The summed E-state index contributed by atoms with van der Waals surface area (Å²) in [7, 11) is 2.34. The number of hydrogen-bond acceptors (Lipinski definition) is 3. The quantitative estimate of drug-likeness (QED) is 0.617. The third-order valence-electron chi connectivity index (χ3n) is 1.54. The molecule has 0 aliphatic rings. The van der Waals surface area contributed by atoms with E-state index in [1.165, 1.54) is 0 Å². The summed E-state index contributed by atoms with van der Waals surface area (Å²) in [6.07, 6.45) is 2.03. The van der Waals surface area contributed by atoms with Crippen molar-refractivity contribution in [3.05, 3.63) is 11.8 Å². The Morgan fingerprint density at radius 1 is 1.00 bits per heavy atom. The van der Waals surface area contributed by atoms with Crippen molar-refractivity contribution in [1.82, 2.24) is 0 Å². The summed E-state index contributed by atoms with van der Waals surface area (Å²) in [5.41, 5.74) is 1.90. The van der Waals surface area contributed by atoms with Gasteiger partial charge in [-0.25, -0.2) is 0 Å². The molecule has 0 aliphatic heterocycles. The minimum absolute atomic E-state index is 0.484. The van der Waals surface area contributed by atoms with E-state index in [-0.39, 0.29) is 0 Å². The lowest BCUT2D eigenvalue weighted by Crippen LogP contribution is -2.41. The summed E-state index contributed by atoms with van der Waals surface area (Å²) in [6.45, 7) is 4.19. The summed E-state index contributed by atoms with van der Waals surface area (Å²) in [4.78, 5) is 0. The van der Waals surface area contributed by atoms with Crippen LogP contribution in [0.1, 0.15) is 13.8 Å². The molecule has 0 aliphatic carbocycles. The smallest absolute Gasteiger partial charge is 0.374 e. The van der Waals surface area contributed by atoms with Crippen LogP contribution in [-0.2, 0) is 13.3 Å². The van der Waals surface area contributed by atoms with Gasteiger partial charge in [0.05, 0.1) is 0 Å². The molecule has 0 aromatic heterocycles. The van der Waals surface area contributed by atoms with Crippen molar-refractivity contribution in [1.29, 1.82) is 0 Å². The van der Waals surface area contributed by atoms with Crippen LogP contribution >= 0.6 is 0 Å². The summed E-state index contributed by atoms with van der Waals surface area (Å²) in [5, 5.41) is 0. The zero-order valence-electron chi connectivity index (χ0n) is 8.46. The highest BCUT2D eigenvalue weighted by Crippen LogP contribution is 2.09. The maximum atomic E-state index is 5.19. The van der Waals surface area contributed by atoms with Crippen LogP contribution in [0.3, 0.4) is 0 Å². The van der Waals surface area contributed by atoms with Crippen LogP contribution < -0.4 is 0 Å². The third kappa shape index (κ3) is 3.49. The molecule has 72 valence electrons. The van der Waals surface area contributed by atoms with Gasteiger partial charge in [0.1, 0.15) is 0 Å². The fraction of sp³-hybridized carbons (Fsp3) is 0.750. The maximum absolute atomic E-state index is 5.19. The Labute approximate surface area is 75.7 Å². The molecule has 0 aromatic carbocycles. The maximum Gasteiger partial charge on any atom is 0.528 e. The van der Waals surface area contributed by atoms with Crippen LogP contribution in [0.4, 0.5) is 0 Å². The van der Waals surface area contributed by atoms with Crippen LogP contribution in [0.5, 0.6) is 0 Å². The Morgan fingerprint density at radius 3 is 1.67 bits per heavy atom. The van der Waals surface area contributed by atoms with E-state index in [2.05, 4.69) is 13.8 Å². The molecule has 0 aromatic rings. The molecule has 0 unspecified atom stereocenters. The van der Waals surface area contributed by atoms with Crippen LogP contribution in [-0.4, -0.2) is 30.1 Å². The predicted octanol–water partition coefficient (Wildman–Crippen LogP) is 1.62. The second kappa shape index (κ2) is 5.48. The SMILES string of the molecule is CO[Si](/C=C/C(C)C)(OC)OC. The molecule has 0 amide bonds. The second-order valence-electron chi connectivity index (χ2n) is 2.82. The highest BCUT2D eigenvalue weighted by Gasteiger charge is 2.34. The molecule has 0 rings (SSSR count). The van der Waals surface area contributed by atoms with Gasteiger partial charge in [-0.05, 0) is 11.6 Å². The van der Waals surface area contributed by atoms with E-state index in [0.29, 0.717) is 5.92 Å². The van der Waals surface area contributed by atoms with Gasteiger partial charge in [-0.1, -0.05) is 19.9 Å². The molecule has 0 fully saturated rings. The first-order valence-electron chi connectivity index (χ1n) is 3.95. The van der Waals surface area contributed by atoms with Gasteiger partial charge in [-0.3, -0.25) is 0 Å². The minimum Gasteiger partial charge on any atom is -0.374 e.